The van der Waals surface area contributed by atoms with Crippen LogP contribution in [0, 0.1) is 6.92 Å². The van der Waals surface area contributed by atoms with E-state index < -0.39 is 23.6 Å². The molecule has 0 aliphatic heterocycles. The largest absolute Gasteiger partial charge is 0.416 e. The molecule has 0 aliphatic rings. The highest BCUT2D eigenvalue weighted by Gasteiger charge is 2.30. The standard InChI is InChI=1S/C24H18F3N5O2/c1-14-2-7-17(31-22(33)15-3-5-16(6-4-15)24(25,26)27)12-19(14)23(34)32-18-8-9-20(30-13-18)21-28-10-11-29-21/h2-13H,1H3,(H,28,29)(H,31,33)(H,32,34). The Labute approximate surface area is 192 Å². The second-order valence-electron chi connectivity index (χ2n) is 7.38. The number of carbonyl (C=O) groups is 2. The number of anilines is 2. The van der Waals surface area contributed by atoms with Gasteiger partial charge in [0.2, 0.25) is 0 Å². The molecule has 0 saturated carbocycles. The molecule has 0 aliphatic carbocycles. The number of H-pyrrole nitrogens is 1. The van der Waals surface area contributed by atoms with Gasteiger partial charge in [-0.05, 0) is 61.0 Å². The smallest absolute Gasteiger partial charge is 0.343 e. The highest BCUT2D eigenvalue weighted by Crippen LogP contribution is 2.29. The van der Waals surface area contributed by atoms with Gasteiger partial charge in [0, 0.05) is 29.2 Å². The number of aryl methyl sites for hydroxylation is 1. The summed E-state index contributed by atoms with van der Waals surface area (Å²) in [7, 11) is 0. The number of nitrogens with zero attached hydrogens (tertiary/aromatic N) is 2. The number of amides is 2. The minimum atomic E-state index is -4.48. The summed E-state index contributed by atoms with van der Waals surface area (Å²) in [5.74, 6) is -0.400. The molecule has 4 aromatic rings. The number of hydrogen-bond acceptors (Lipinski definition) is 4. The highest BCUT2D eigenvalue weighted by atomic mass is 19.4. The van der Waals surface area contributed by atoms with Crippen molar-refractivity contribution < 1.29 is 22.8 Å². The first-order valence-electron chi connectivity index (χ1n) is 10.1. The lowest BCUT2D eigenvalue weighted by atomic mass is 10.1. The summed E-state index contributed by atoms with van der Waals surface area (Å²) in [6.07, 6.45) is 0.307. The molecule has 0 radical (unpaired) electrons. The fourth-order valence-electron chi connectivity index (χ4n) is 3.17. The van der Waals surface area contributed by atoms with E-state index in [0.29, 0.717) is 34.0 Å². The first-order valence-corrected chi connectivity index (χ1v) is 10.1. The molecule has 2 amide bonds. The lowest BCUT2D eigenvalue weighted by molar-refractivity contribution is -0.137. The third-order valence-corrected chi connectivity index (χ3v) is 4.98. The molecule has 7 nitrogen and oxygen atoms in total. The third-order valence-electron chi connectivity index (χ3n) is 4.98. The minimum absolute atomic E-state index is 0.0577. The average Bonchev–Trinajstić information content (AvgIpc) is 3.35. The van der Waals surface area contributed by atoms with Crippen LogP contribution in [0.15, 0.2) is 73.2 Å². The van der Waals surface area contributed by atoms with Gasteiger partial charge in [0.25, 0.3) is 11.8 Å². The average molecular weight is 465 g/mol. The first-order chi connectivity index (χ1) is 16.2. The van der Waals surface area contributed by atoms with Crippen LogP contribution in [0.4, 0.5) is 24.5 Å². The van der Waals surface area contributed by atoms with E-state index in [9.17, 15) is 22.8 Å². The van der Waals surface area contributed by atoms with Crippen molar-refractivity contribution in [1.82, 2.24) is 15.0 Å². The van der Waals surface area contributed by atoms with Crippen molar-refractivity contribution in [3.05, 3.63) is 95.4 Å². The Morgan fingerprint density at radius 2 is 1.59 bits per heavy atom. The molecule has 0 unspecified atom stereocenters. The minimum Gasteiger partial charge on any atom is -0.343 e. The third kappa shape index (κ3) is 5.12. The van der Waals surface area contributed by atoms with Crippen LogP contribution in [0.3, 0.4) is 0 Å². The Kier molecular flexibility index (Phi) is 6.13. The Bertz CT molecular complexity index is 1320. The SMILES string of the molecule is Cc1ccc(NC(=O)c2ccc(C(F)(F)F)cc2)cc1C(=O)Nc1ccc(-c2ncc[nH]2)nc1. The molecule has 4 rings (SSSR count). The summed E-state index contributed by atoms with van der Waals surface area (Å²) in [6.45, 7) is 1.74. The molecule has 172 valence electrons. The number of imidazole rings is 1. The molecule has 0 fully saturated rings. The van der Waals surface area contributed by atoms with Crippen LogP contribution in [-0.4, -0.2) is 26.8 Å². The molecule has 0 spiro atoms. The molecule has 10 heteroatoms. The van der Waals surface area contributed by atoms with Crippen molar-refractivity contribution in [2.24, 2.45) is 0 Å². The van der Waals surface area contributed by atoms with Crippen LogP contribution >= 0.6 is 0 Å². The van der Waals surface area contributed by atoms with Crippen molar-refractivity contribution in [2.45, 2.75) is 13.1 Å². The van der Waals surface area contributed by atoms with Gasteiger partial charge in [0.15, 0.2) is 5.82 Å². The summed E-state index contributed by atoms with van der Waals surface area (Å²) in [6, 6.07) is 12.0. The van der Waals surface area contributed by atoms with E-state index >= 15 is 0 Å². The lowest BCUT2D eigenvalue weighted by Crippen LogP contribution is -2.16. The molecular weight excluding hydrogens is 447 g/mol. The fraction of sp³-hybridized carbons (Fsp3) is 0.0833. The van der Waals surface area contributed by atoms with Crippen LogP contribution in [0.1, 0.15) is 31.8 Å². The first kappa shape index (κ1) is 22.7. The van der Waals surface area contributed by atoms with Gasteiger partial charge in [0.1, 0.15) is 5.69 Å². The van der Waals surface area contributed by atoms with Crippen LogP contribution in [0.25, 0.3) is 11.5 Å². The maximum Gasteiger partial charge on any atom is 0.416 e. The van der Waals surface area contributed by atoms with Crippen LogP contribution < -0.4 is 10.6 Å². The van der Waals surface area contributed by atoms with E-state index in [1.165, 1.54) is 12.3 Å². The van der Waals surface area contributed by atoms with E-state index in [4.69, 9.17) is 0 Å². The molecule has 0 atom stereocenters. The molecule has 2 aromatic carbocycles. The summed E-state index contributed by atoms with van der Waals surface area (Å²) in [5, 5.41) is 5.36. The predicted octanol–water partition coefficient (Wildman–Crippen LogP) is 5.30. The maximum atomic E-state index is 12.8. The molecule has 2 heterocycles. The zero-order chi connectivity index (χ0) is 24.3. The Morgan fingerprint density at radius 3 is 2.21 bits per heavy atom. The van der Waals surface area contributed by atoms with Crippen LogP contribution in [0.5, 0.6) is 0 Å². The zero-order valence-electron chi connectivity index (χ0n) is 17.8. The second-order valence-corrected chi connectivity index (χ2v) is 7.38. The number of aromatic nitrogens is 3. The Hall–Kier alpha value is -4.47. The number of nitrogens with one attached hydrogen (secondary N) is 3. The quantitative estimate of drug-likeness (QED) is 0.372. The van der Waals surface area contributed by atoms with Crippen molar-refractivity contribution >= 4 is 23.2 Å². The van der Waals surface area contributed by atoms with E-state index in [0.717, 1.165) is 24.3 Å². The van der Waals surface area contributed by atoms with Gasteiger partial charge >= 0.3 is 6.18 Å². The van der Waals surface area contributed by atoms with E-state index in [-0.39, 0.29) is 5.56 Å². The van der Waals surface area contributed by atoms with Gasteiger partial charge < -0.3 is 15.6 Å². The Balaban J connectivity index is 1.46. The van der Waals surface area contributed by atoms with Crippen molar-refractivity contribution in [3.63, 3.8) is 0 Å². The number of hydrogen-bond donors (Lipinski definition) is 3. The van der Waals surface area contributed by atoms with Crippen LogP contribution in [-0.2, 0) is 6.18 Å². The molecule has 3 N–H and O–H groups in total. The van der Waals surface area contributed by atoms with Gasteiger partial charge in [-0.1, -0.05) is 6.07 Å². The van der Waals surface area contributed by atoms with Gasteiger partial charge in [-0.25, -0.2) is 4.98 Å². The maximum absolute atomic E-state index is 12.8. The second kappa shape index (κ2) is 9.18. The topological polar surface area (TPSA) is 99.8 Å². The number of carbonyl (C=O) groups excluding carboxylic acids is 2. The van der Waals surface area contributed by atoms with Crippen molar-refractivity contribution in [3.8, 4) is 11.5 Å². The van der Waals surface area contributed by atoms with Gasteiger partial charge in [-0.15, -0.1) is 0 Å². The number of benzene rings is 2. The fourth-order valence-corrected chi connectivity index (χ4v) is 3.17. The summed E-state index contributed by atoms with van der Waals surface area (Å²) >= 11 is 0. The Morgan fingerprint density at radius 1 is 0.882 bits per heavy atom. The van der Waals surface area contributed by atoms with Gasteiger partial charge in [0.05, 0.1) is 17.4 Å². The predicted molar refractivity (Wildman–Crippen MR) is 120 cm³/mol. The summed E-state index contributed by atoms with van der Waals surface area (Å²) < 4.78 is 38.2. The van der Waals surface area contributed by atoms with Gasteiger partial charge in [-0.2, -0.15) is 13.2 Å². The number of alkyl halides is 3. The molecule has 0 saturated heterocycles. The molecule has 34 heavy (non-hydrogen) atoms. The number of halogens is 3. The van der Waals surface area contributed by atoms with Gasteiger partial charge in [-0.3, -0.25) is 14.6 Å². The number of rotatable bonds is 5. The van der Waals surface area contributed by atoms with Crippen molar-refractivity contribution in [1.29, 1.82) is 0 Å². The summed E-state index contributed by atoms with van der Waals surface area (Å²) in [5.41, 5.74) is 1.62. The molecule has 2 aromatic heterocycles. The number of aromatic amines is 1. The van der Waals surface area contributed by atoms with Crippen molar-refractivity contribution in [2.75, 3.05) is 10.6 Å². The van der Waals surface area contributed by atoms with E-state index in [1.807, 2.05) is 0 Å². The zero-order valence-corrected chi connectivity index (χ0v) is 17.8. The molecular formula is C24H18F3N5O2. The monoisotopic (exact) mass is 465 g/mol. The van der Waals surface area contributed by atoms with E-state index in [1.54, 1.807) is 43.6 Å². The summed E-state index contributed by atoms with van der Waals surface area (Å²) in [4.78, 5) is 36.6. The van der Waals surface area contributed by atoms with E-state index in [2.05, 4.69) is 25.6 Å². The van der Waals surface area contributed by atoms with Crippen LogP contribution in [0.2, 0.25) is 0 Å². The highest BCUT2D eigenvalue weighted by molar-refractivity contribution is 6.08. The lowest BCUT2D eigenvalue weighted by Gasteiger charge is -2.12. The molecule has 0 bridgehead atoms. The number of pyridine rings is 1. The normalized spacial score (nSPS) is 11.2.